The smallest absolute Gasteiger partial charge is 0.101 e. The first-order valence-corrected chi connectivity index (χ1v) is 7.19. The van der Waals surface area contributed by atoms with Crippen molar-refractivity contribution in [2.24, 2.45) is 0 Å². The van der Waals surface area contributed by atoms with E-state index in [1.54, 1.807) is 0 Å². The van der Waals surface area contributed by atoms with Crippen LogP contribution in [-0.4, -0.2) is 120 Å². The van der Waals surface area contributed by atoms with E-state index in [-0.39, 0.29) is 40.6 Å². The third kappa shape index (κ3) is 156. The molecule has 0 atom stereocenters. The molecule has 13 N–H and O–H groups in total. The molecule has 0 saturated carbocycles. The molecule has 0 aromatic rings. The Morgan fingerprint density at radius 3 is 0.833 bits per heavy atom. The minimum Gasteiger partial charge on any atom is -0.790 e. The molecule has 0 heterocycles. The molecule has 0 radical (unpaired) electrons. The lowest BCUT2D eigenvalue weighted by molar-refractivity contribution is -0.870. The van der Waals surface area contributed by atoms with Crippen LogP contribution in [0.25, 0.3) is 0 Å². The van der Waals surface area contributed by atoms with Gasteiger partial charge in [0.25, 0.3) is 0 Å². The molecule has 0 aliphatic carbocycles. The second kappa shape index (κ2) is 22.8. The van der Waals surface area contributed by atoms with Gasteiger partial charge in [-0.05, 0) is 0 Å². The number of aliphatic hydroxyl groups excluding tert-OH is 2. The zero-order valence-corrected chi connectivity index (χ0v) is 16.1. The molecule has 0 spiro atoms. The first-order valence-electron chi connectivity index (χ1n) is 5.70. The van der Waals surface area contributed by atoms with Crippen molar-refractivity contribution in [2.45, 2.75) is 0 Å². The largest absolute Gasteiger partial charge is 0.790 e. The summed E-state index contributed by atoms with van der Waals surface area (Å²) in [6.07, 6.45) is 0. The standard InChI is InChI=1S/2C5H14NO.H3O4P.5H2O/c2*1-6(2,3)4-5-7;1-5(2,3)4;;;;;/h2*7H,4-5H2,1-3H3;(H3,1,2,3,4);5*1H2/q2*+1;;;;;;/p-2. The van der Waals surface area contributed by atoms with E-state index in [0.717, 1.165) is 22.1 Å². The SMILES string of the molecule is C[N+](C)(C)CCO.C[N+](C)(C)CCO.O.O.O.O.O.O=P([O-])([O-])O. The van der Waals surface area contributed by atoms with Crippen LogP contribution >= 0.6 is 7.82 Å². The maximum Gasteiger partial charge on any atom is 0.101 e. The summed E-state index contributed by atoms with van der Waals surface area (Å²) in [5.74, 6) is 0. The molecule has 24 heavy (non-hydrogen) atoms. The molecule has 0 aromatic carbocycles. The Labute approximate surface area is 143 Å². The van der Waals surface area contributed by atoms with E-state index in [9.17, 15) is 0 Å². The number of likely N-dealkylation sites (N-methyl/N-ethyl adjacent to an activating group) is 2. The second-order valence-corrected chi connectivity index (χ2v) is 6.88. The summed E-state index contributed by atoms with van der Waals surface area (Å²) in [5, 5.41) is 16.8. The van der Waals surface area contributed by atoms with Crippen LogP contribution in [0.1, 0.15) is 0 Å². The predicted octanol–water partition coefficient (Wildman–Crippen LogP) is -6.95. The van der Waals surface area contributed by atoms with Crippen LogP contribution in [0.5, 0.6) is 0 Å². The first kappa shape index (κ1) is 49.6. The molecule has 0 aromatic heterocycles. The predicted molar refractivity (Wildman–Crippen MR) is 87.9 cm³/mol. The molecule has 0 bridgehead atoms. The molecule has 0 rings (SSSR count). The fourth-order valence-electron chi connectivity index (χ4n) is 0.600. The number of hydrogen-bond donors (Lipinski definition) is 3. The van der Waals surface area contributed by atoms with Crippen molar-refractivity contribution in [3.05, 3.63) is 0 Å². The van der Waals surface area contributed by atoms with Crippen molar-refractivity contribution >= 4 is 7.82 Å². The highest BCUT2D eigenvalue weighted by atomic mass is 31.2. The van der Waals surface area contributed by atoms with Crippen LogP contribution in [0.3, 0.4) is 0 Å². The Morgan fingerprint density at radius 2 is 0.833 bits per heavy atom. The van der Waals surface area contributed by atoms with E-state index in [2.05, 4.69) is 42.3 Å². The number of hydrogen-bond acceptors (Lipinski definition) is 5. The average Bonchev–Trinajstić information content (AvgIpc) is 1.95. The van der Waals surface area contributed by atoms with E-state index in [4.69, 9.17) is 29.5 Å². The maximum absolute atomic E-state index is 8.66. The minimum absolute atomic E-state index is 0. The van der Waals surface area contributed by atoms with Crippen molar-refractivity contribution in [2.75, 3.05) is 68.6 Å². The summed E-state index contributed by atoms with van der Waals surface area (Å²) in [5.41, 5.74) is 0. The van der Waals surface area contributed by atoms with Crippen LogP contribution in [0.15, 0.2) is 0 Å². The van der Waals surface area contributed by atoms with Gasteiger partial charge >= 0.3 is 0 Å². The quantitative estimate of drug-likeness (QED) is 0.307. The molecule has 14 heteroatoms. The monoisotopic (exact) mass is 394 g/mol. The molecule has 13 nitrogen and oxygen atoms in total. The number of quaternary nitrogens is 2. The fourth-order valence-corrected chi connectivity index (χ4v) is 0.600. The van der Waals surface area contributed by atoms with E-state index in [1.165, 1.54) is 0 Å². The molecule has 0 aliphatic heterocycles. The lowest BCUT2D eigenvalue weighted by atomic mass is 10.5. The summed E-state index contributed by atoms with van der Waals surface area (Å²) >= 11 is 0. The summed E-state index contributed by atoms with van der Waals surface area (Å²) in [6, 6.07) is 0. The van der Waals surface area contributed by atoms with Crippen LogP contribution < -0.4 is 9.79 Å². The molecule has 0 fully saturated rings. The Hall–Kier alpha value is -0.250. The van der Waals surface area contributed by atoms with E-state index >= 15 is 0 Å². The third-order valence-corrected chi connectivity index (χ3v) is 1.54. The fraction of sp³-hybridized carbons (Fsp3) is 1.00. The van der Waals surface area contributed by atoms with E-state index < -0.39 is 7.82 Å². The van der Waals surface area contributed by atoms with Gasteiger partial charge in [-0.2, -0.15) is 0 Å². The minimum atomic E-state index is -5.14. The molecule has 0 amide bonds. The topological polar surface area (TPSA) is 281 Å². The lowest BCUT2D eigenvalue weighted by Crippen LogP contribution is -2.36. The summed E-state index contributed by atoms with van der Waals surface area (Å²) in [6.45, 7) is 2.23. The van der Waals surface area contributed by atoms with Crippen LogP contribution in [0.2, 0.25) is 0 Å². The third-order valence-electron chi connectivity index (χ3n) is 1.54. The average molecular weight is 394 g/mol. The number of rotatable bonds is 4. The van der Waals surface area contributed by atoms with Crippen molar-refractivity contribution in [1.29, 1.82) is 0 Å². The second-order valence-electron chi connectivity index (χ2n) is 5.94. The molecule has 0 aliphatic rings. The number of nitrogens with zero attached hydrogens (tertiary/aromatic N) is 2. The van der Waals surface area contributed by atoms with E-state index in [1.807, 2.05) is 0 Å². The number of aliphatic hydroxyl groups is 2. The van der Waals surface area contributed by atoms with Gasteiger partial charge in [0.15, 0.2) is 0 Å². The number of phosphoric acid groups is 1. The molecular weight excluding hydrogens is 355 g/mol. The van der Waals surface area contributed by atoms with Gasteiger partial charge in [0.05, 0.1) is 63.3 Å². The lowest BCUT2D eigenvalue weighted by Gasteiger charge is -2.21. The highest BCUT2D eigenvalue weighted by Gasteiger charge is 2.02. The highest BCUT2D eigenvalue weighted by Crippen LogP contribution is 2.11. The van der Waals surface area contributed by atoms with Crippen molar-refractivity contribution < 1.29 is 65.8 Å². The molecule has 0 saturated heterocycles. The summed E-state index contributed by atoms with van der Waals surface area (Å²) in [7, 11) is 7.17. The first-order chi connectivity index (χ1) is 8.12. The van der Waals surface area contributed by atoms with Crippen molar-refractivity contribution in [3.63, 3.8) is 0 Å². The Kier molecular flexibility index (Phi) is 47.0. The summed E-state index contributed by atoms with van der Waals surface area (Å²) < 4.78 is 10.3. The van der Waals surface area contributed by atoms with Crippen LogP contribution in [0, 0.1) is 0 Å². The summed E-state index contributed by atoms with van der Waals surface area (Å²) in [4.78, 5) is 24.3. The Morgan fingerprint density at radius 1 is 0.708 bits per heavy atom. The van der Waals surface area contributed by atoms with Crippen molar-refractivity contribution in [3.8, 4) is 0 Å². The van der Waals surface area contributed by atoms with Gasteiger partial charge in [0, 0.05) is 0 Å². The van der Waals surface area contributed by atoms with Gasteiger partial charge in [-0.15, -0.1) is 0 Å². The van der Waals surface area contributed by atoms with Crippen molar-refractivity contribution in [1.82, 2.24) is 0 Å². The van der Waals surface area contributed by atoms with Gasteiger partial charge < -0.3 is 65.8 Å². The Bertz CT molecular complexity index is 226. The van der Waals surface area contributed by atoms with Gasteiger partial charge in [-0.25, -0.2) is 0 Å². The molecule has 0 unspecified atom stereocenters. The van der Waals surface area contributed by atoms with Gasteiger partial charge in [0.2, 0.25) is 0 Å². The van der Waals surface area contributed by atoms with Gasteiger partial charge in [-0.3, -0.25) is 0 Å². The zero-order chi connectivity index (χ0) is 16.3. The van der Waals surface area contributed by atoms with Gasteiger partial charge in [-0.1, -0.05) is 0 Å². The molecule has 160 valence electrons. The molecular formula is C10H39N2O11P. The zero-order valence-electron chi connectivity index (χ0n) is 15.2. The highest BCUT2D eigenvalue weighted by molar-refractivity contribution is 7.42. The van der Waals surface area contributed by atoms with Gasteiger partial charge in [0.1, 0.15) is 13.1 Å². The maximum atomic E-state index is 8.66. The van der Waals surface area contributed by atoms with Crippen LogP contribution in [-0.2, 0) is 4.57 Å². The van der Waals surface area contributed by atoms with E-state index in [0.29, 0.717) is 0 Å². The van der Waals surface area contributed by atoms with Crippen LogP contribution in [0.4, 0.5) is 0 Å². The normalized spacial score (nSPS) is 9.46. The Balaban J connectivity index is -0.0000000244.